The van der Waals surface area contributed by atoms with Crippen LogP contribution in [-0.4, -0.2) is 61.5 Å². The quantitative estimate of drug-likeness (QED) is 0.722. The molecule has 0 radical (unpaired) electrons. The minimum absolute atomic E-state index is 0.288. The molecule has 1 unspecified atom stereocenters. The summed E-state index contributed by atoms with van der Waals surface area (Å²) in [5, 5.41) is 3.27. The highest BCUT2D eigenvalue weighted by Crippen LogP contribution is 2.03. The van der Waals surface area contributed by atoms with E-state index in [1.165, 1.54) is 0 Å². The molecule has 0 saturated carbocycles. The molecule has 0 aliphatic carbocycles. The van der Waals surface area contributed by atoms with Crippen LogP contribution in [0.2, 0.25) is 0 Å². The van der Waals surface area contributed by atoms with Gasteiger partial charge in [-0.05, 0) is 20.5 Å². The first-order chi connectivity index (χ1) is 7.13. The minimum atomic E-state index is 0.288. The average molecular weight is 213 g/mol. The molecule has 0 aromatic carbocycles. The first-order valence-electron chi connectivity index (χ1n) is 5.83. The average Bonchev–Trinajstić information content (AvgIpc) is 2.18. The first kappa shape index (κ1) is 12.5. The van der Waals surface area contributed by atoms with Gasteiger partial charge >= 0.3 is 0 Å². The van der Waals surface area contributed by atoms with E-state index in [4.69, 9.17) is 0 Å². The number of hydrogen-bond donors (Lipinski definition) is 1. The van der Waals surface area contributed by atoms with Crippen LogP contribution in [0.15, 0.2) is 0 Å². The van der Waals surface area contributed by atoms with E-state index in [2.05, 4.69) is 31.1 Å². The van der Waals surface area contributed by atoms with Crippen molar-refractivity contribution in [3.63, 3.8) is 0 Å². The molecule has 1 amide bonds. The van der Waals surface area contributed by atoms with Gasteiger partial charge in [0.2, 0.25) is 5.91 Å². The number of carbonyl (C=O) groups excluding carboxylic acids is 1. The standard InChI is InChI=1S/C11H23N3O/c1-4-12-10(2)9-11(15)14-7-5-13(3)6-8-14/h10,12H,4-9H2,1-3H3. The van der Waals surface area contributed by atoms with Crippen molar-refractivity contribution >= 4 is 5.91 Å². The normalized spacial score (nSPS) is 20.3. The van der Waals surface area contributed by atoms with E-state index in [0.29, 0.717) is 12.5 Å². The smallest absolute Gasteiger partial charge is 0.224 e. The third-order valence-corrected chi connectivity index (χ3v) is 2.89. The summed E-state index contributed by atoms with van der Waals surface area (Å²) in [6.07, 6.45) is 0.623. The van der Waals surface area contributed by atoms with Gasteiger partial charge in [0.25, 0.3) is 0 Å². The Morgan fingerprint density at radius 3 is 2.47 bits per heavy atom. The maximum atomic E-state index is 11.9. The number of nitrogens with one attached hydrogen (secondary N) is 1. The lowest BCUT2D eigenvalue weighted by Gasteiger charge is -2.33. The van der Waals surface area contributed by atoms with Crippen molar-refractivity contribution in [3.8, 4) is 0 Å². The van der Waals surface area contributed by atoms with Crippen molar-refractivity contribution in [1.29, 1.82) is 0 Å². The summed E-state index contributed by atoms with van der Waals surface area (Å²) >= 11 is 0. The molecule has 15 heavy (non-hydrogen) atoms. The second kappa shape index (κ2) is 6.08. The largest absolute Gasteiger partial charge is 0.340 e. The zero-order chi connectivity index (χ0) is 11.3. The molecule has 1 aliphatic rings. The fourth-order valence-corrected chi connectivity index (χ4v) is 1.87. The Balaban J connectivity index is 2.27. The predicted molar refractivity (Wildman–Crippen MR) is 61.8 cm³/mol. The molecule has 1 N–H and O–H groups in total. The molecular formula is C11H23N3O. The van der Waals surface area contributed by atoms with Gasteiger partial charge in [0.1, 0.15) is 0 Å². The molecular weight excluding hydrogens is 190 g/mol. The molecule has 0 aromatic heterocycles. The van der Waals surface area contributed by atoms with Crippen LogP contribution in [0.3, 0.4) is 0 Å². The van der Waals surface area contributed by atoms with Crippen molar-refractivity contribution < 1.29 is 4.79 Å². The first-order valence-corrected chi connectivity index (χ1v) is 5.83. The van der Waals surface area contributed by atoms with Gasteiger partial charge in [-0.15, -0.1) is 0 Å². The van der Waals surface area contributed by atoms with Crippen LogP contribution in [0.25, 0.3) is 0 Å². The van der Waals surface area contributed by atoms with Gasteiger partial charge in [-0.25, -0.2) is 0 Å². The molecule has 1 atom stereocenters. The van der Waals surface area contributed by atoms with E-state index in [0.717, 1.165) is 32.7 Å². The summed E-state index contributed by atoms with van der Waals surface area (Å²) in [6.45, 7) is 8.83. The Bertz CT molecular complexity index is 200. The number of nitrogens with zero attached hydrogens (tertiary/aromatic N) is 2. The van der Waals surface area contributed by atoms with Crippen LogP contribution in [-0.2, 0) is 4.79 Å². The summed E-state index contributed by atoms with van der Waals surface area (Å²) < 4.78 is 0. The van der Waals surface area contributed by atoms with E-state index in [1.807, 2.05) is 4.90 Å². The lowest BCUT2D eigenvalue weighted by Crippen LogP contribution is -2.48. The maximum absolute atomic E-state index is 11.9. The molecule has 1 fully saturated rings. The van der Waals surface area contributed by atoms with Crippen molar-refractivity contribution in [2.75, 3.05) is 39.8 Å². The predicted octanol–water partition coefficient (Wildman–Crippen LogP) is 0.149. The Morgan fingerprint density at radius 2 is 1.93 bits per heavy atom. The highest BCUT2D eigenvalue weighted by molar-refractivity contribution is 5.76. The fourth-order valence-electron chi connectivity index (χ4n) is 1.87. The number of amides is 1. The number of hydrogen-bond acceptors (Lipinski definition) is 3. The zero-order valence-corrected chi connectivity index (χ0v) is 10.1. The van der Waals surface area contributed by atoms with Gasteiger partial charge in [0.15, 0.2) is 0 Å². The topological polar surface area (TPSA) is 35.6 Å². The van der Waals surface area contributed by atoms with Crippen LogP contribution < -0.4 is 5.32 Å². The summed E-state index contributed by atoms with van der Waals surface area (Å²) in [5.74, 6) is 0.288. The summed E-state index contributed by atoms with van der Waals surface area (Å²) in [7, 11) is 2.10. The highest BCUT2D eigenvalue weighted by atomic mass is 16.2. The third kappa shape index (κ3) is 4.18. The van der Waals surface area contributed by atoms with E-state index < -0.39 is 0 Å². The molecule has 4 heteroatoms. The summed E-state index contributed by atoms with van der Waals surface area (Å²) in [4.78, 5) is 16.1. The van der Waals surface area contributed by atoms with Crippen LogP contribution in [0, 0.1) is 0 Å². The number of rotatable bonds is 4. The fraction of sp³-hybridized carbons (Fsp3) is 0.909. The number of carbonyl (C=O) groups is 1. The Labute approximate surface area is 92.6 Å². The molecule has 1 heterocycles. The maximum Gasteiger partial charge on any atom is 0.224 e. The second-order valence-electron chi connectivity index (χ2n) is 4.35. The highest BCUT2D eigenvalue weighted by Gasteiger charge is 2.19. The van der Waals surface area contributed by atoms with E-state index in [9.17, 15) is 4.79 Å². The van der Waals surface area contributed by atoms with Gasteiger partial charge in [-0.1, -0.05) is 6.92 Å². The molecule has 1 saturated heterocycles. The molecule has 1 rings (SSSR count). The Kier molecular flexibility index (Phi) is 5.05. The van der Waals surface area contributed by atoms with Crippen LogP contribution >= 0.6 is 0 Å². The molecule has 0 aromatic rings. The van der Waals surface area contributed by atoms with Gasteiger partial charge < -0.3 is 15.1 Å². The van der Waals surface area contributed by atoms with E-state index >= 15 is 0 Å². The summed E-state index contributed by atoms with van der Waals surface area (Å²) in [6, 6.07) is 0.294. The third-order valence-electron chi connectivity index (χ3n) is 2.89. The number of piperazine rings is 1. The van der Waals surface area contributed by atoms with Crippen molar-refractivity contribution in [2.45, 2.75) is 26.3 Å². The van der Waals surface area contributed by atoms with E-state index in [-0.39, 0.29) is 5.91 Å². The van der Waals surface area contributed by atoms with Crippen LogP contribution in [0.5, 0.6) is 0 Å². The zero-order valence-electron chi connectivity index (χ0n) is 10.1. The van der Waals surface area contributed by atoms with Crippen molar-refractivity contribution in [2.24, 2.45) is 0 Å². The molecule has 88 valence electrons. The molecule has 4 nitrogen and oxygen atoms in total. The second-order valence-corrected chi connectivity index (χ2v) is 4.35. The van der Waals surface area contributed by atoms with Gasteiger partial charge in [-0.2, -0.15) is 0 Å². The lowest BCUT2D eigenvalue weighted by molar-refractivity contribution is -0.133. The van der Waals surface area contributed by atoms with E-state index in [1.54, 1.807) is 0 Å². The number of likely N-dealkylation sites (N-methyl/N-ethyl adjacent to an activating group) is 1. The lowest BCUT2D eigenvalue weighted by atomic mass is 10.2. The Hall–Kier alpha value is -0.610. The van der Waals surface area contributed by atoms with Gasteiger partial charge in [0, 0.05) is 38.6 Å². The monoisotopic (exact) mass is 213 g/mol. The summed E-state index contributed by atoms with van der Waals surface area (Å²) in [5.41, 5.74) is 0. The molecule has 0 spiro atoms. The van der Waals surface area contributed by atoms with Crippen molar-refractivity contribution in [1.82, 2.24) is 15.1 Å². The SMILES string of the molecule is CCNC(C)CC(=O)N1CCN(C)CC1. The minimum Gasteiger partial charge on any atom is -0.340 e. The van der Waals surface area contributed by atoms with Crippen molar-refractivity contribution in [3.05, 3.63) is 0 Å². The molecule has 1 aliphatic heterocycles. The van der Waals surface area contributed by atoms with Crippen LogP contribution in [0.1, 0.15) is 20.3 Å². The van der Waals surface area contributed by atoms with Gasteiger partial charge in [0.05, 0.1) is 0 Å². The van der Waals surface area contributed by atoms with Gasteiger partial charge in [-0.3, -0.25) is 4.79 Å². The van der Waals surface area contributed by atoms with Crippen LogP contribution in [0.4, 0.5) is 0 Å². The molecule has 0 bridgehead atoms. The Morgan fingerprint density at radius 1 is 1.33 bits per heavy atom.